The first-order valence-corrected chi connectivity index (χ1v) is 6.85. The fraction of sp³-hybridized carbons (Fsp3) is 1.00. The van der Waals surface area contributed by atoms with Crippen LogP contribution in [0.3, 0.4) is 0 Å². The van der Waals surface area contributed by atoms with E-state index in [9.17, 15) is 0 Å². The molecule has 0 bridgehead atoms. The number of piperidine rings is 1. The molecule has 1 nitrogen and oxygen atoms in total. The molecule has 1 aliphatic heterocycles. The Kier molecular flexibility index (Phi) is 3.39. The minimum atomic E-state index is 0.475. The first-order chi connectivity index (χ1) is 7.09. The summed E-state index contributed by atoms with van der Waals surface area (Å²) in [5, 5.41) is 0. The van der Waals surface area contributed by atoms with Gasteiger partial charge in [0.2, 0.25) is 0 Å². The molecule has 0 aromatic rings. The van der Waals surface area contributed by atoms with Crippen molar-refractivity contribution in [3.63, 3.8) is 0 Å². The van der Waals surface area contributed by atoms with Crippen molar-refractivity contribution in [2.45, 2.75) is 77.8 Å². The van der Waals surface area contributed by atoms with E-state index in [1.807, 2.05) is 0 Å². The lowest BCUT2D eigenvalue weighted by Crippen LogP contribution is -2.51. The van der Waals surface area contributed by atoms with Crippen LogP contribution in [0.25, 0.3) is 0 Å². The minimum Gasteiger partial charge on any atom is -0.297 e. The van der Waals surface area contributed by atoms with Crippen LogP contribution in [0.2, 0.25) is 0 Å². The van der Waals surface area contributed by atoms with Crippen molar-refractivity contribution < 1.29 is 0 Å². The molecule has 88 valence electrons. The quantitative estimate of drug-likeness (QED) is 0.634. The van der Waals surface area contributed by atoms with Gasteiger partial charge in [-0.25, -0.2) is 0 Å². The van der Waals surface area contributed by atoms with Crippen molar-refractivity contribution in [3.05, 3.63) is 0 Å². The highest BCUT2D eigenvalue weighted by Gasteiger charge is 2.36. The van der Waals surface area contributed by atoms with E-state index < -0.39 is 0 Å². The fourth-order valence-electron chi connectivity index (χ4n) is 3.56. The zero-order chi connectivity index (χ0) is 10.9. The minimum absolute atomic E-state index is 0.475. The normalized spacial score (nSPS) is 31.0. The Bertz CT molecular complexity index is 198. The maximum atomic E-state index is 2.86. The van der Waals surface area contributed by atoms with Crippen LogP contribution in [0.15, 0.2) is 0 Å². The zero-order valence-corrected chi connectivity index (χ0v) is 10.8. The van der Waals surface area contributed by atoms with E-state index in [4.69, 9.17) is 0 Å². The summed E-state index contributed by atoms with van der Waals surface area (Å²) in [6.07, 6.45) is 10.2. The first kappa shape index (κ1) is 11.4. The lowest BCUT2D eigenvalue weighted by atomic mass is 9.80. The Morgan fingerprint density at radius 1 is 0.867 bits per heavy atom. The van der Waals surface area contributed by atoms with Crippen molar-refractivity contribution in [1.82, 2.24) is 4.90 Å². The molecule has 0 N–H and O–H groups in total. The average Bonchev–Trinajstić information content (AvgIpc) is 2.69. The number of rotatable bonds is 1. The molecule has 1 unspecified atom stereocenters. The average molecular weight is 209 g/mol. The van der Waals surface area contributed by atoms with Gasteiger partial charge in [0, 0.05) is 12.1 Å². The Balaban J connectivity index is 2.05. The van der Waals surface area contributed by atoms with Crippen LogP contribution >= 0.6 is 0 Å². The number of hydrogen-bond donors (Lipinski definition) is 0. The summed E-state index contributed by atoms with van der Waals surface area (Å²) >= 11 is 0. The van der Waals surface area contributed by atoms with Crippen LogP contribution in [0.1, 0.15) is 65.7 Å². The molecule has 1 atom stereocenters. The SMILES string of the molecule is CC(C)(C)C1CCCCN1C1CCCC1. The standard InChI is InChI=1S/C14H27N/c1-14(2,3)13-10-6-7-11-15(13)12-8-4-5-9-12/h12-13H,4-11H2,1-3H3. The van der Waals surface area contributed by atoms with E-state index in [1.54, 1.807) is 0 Å². The summed E-state index contributed by atoms with van der Waals surface area (Å²) in [5.74, 6) is 0. The molecule has 15 heavy (non-hydrogen) atoms. The van der Waals surface area contributed by atoms with Gasteiger partial charge in [-0.2, -0.15) is 0 Å². The smallest absolute Gasteiger partial charge is 0.0147 e. The lowest BCUT2D eigenvalue weighted by molar-refractivity contribution is 0.0292. The highest BCUT2D eigenvalue weighted by molar-refractivity contribution is 4.91. The molecule has 2 fully saturated rings. The summed E-state index contributed by atoms with van der Waals surface area (Å²) in [4.78, 5) is 2.86. The maximum Gasteiger partial charge on any atom is 0.0147 e. The zero-order valence-electron chi connectivity index (χ0n) is 10.8. The van der Waals surface area contributed by atoms with Gasteiger partial charge in [0.05, 0.1) is 0 Å². The van der Waals surface area contributed by atoms with E-state index in [2.05, 4.69) is 25.7 Å². The van der Waals surface area contributed by atoms with Gasteiger partial charge in [-0.15, -0.1) is 0 Å². The van der Waals surface area contributed by atoms with Crippen LogP contribution in [-0.4, -0.2) is 23.5 Å². The van der Waals surface area contributed by atoms with Crippen molar-refractivity contribution in [1.29, 1.82) is 0 Å². The van der Waals surface area contributed by atoms with Gasteiger partial charge in [0.1, 0.15) is 0 Å². The molecule has 1 aliphatic carbocycles. The number of hydrogen-bond acceptors (Lipinski definition) is 1. The van der Waals surface area contributed by atoms with Gasteiger partial charge in [0.15, 0.2) is 0 Å². The van der Waals surface area contributed by atoms with Gasteiger partial charge in [-0.3, -0.25) is 4.90 Å². The fourth-order valence-corrected chi connectivity index (χ4v) is 3.56. The van der Waals surface area contributed by atoms with Gasteiger partial charge in [-0.1, -0.05) is 40.0 Å². The van der Waals surface area contributed by atoms with Crippen LogP contribution in [0.4, 0.5) is 0 Å². The molecular weight excluding hydrogens is 182 g/mol. The van der Waals surface area contributed by atoms with Crippen molar-refractivity contribution in [2.75, 3.05) is 6.54 Å². The Hall–Kier alpha value is -0.0400. The van der Waals surface area contributed by atoms with E-state index in [0.717, 1.165) is 12.1 Å². The van der Waals surface area contributed by atoms with Crippen LogP contribution < -0.4 is 0 Å². The molecule has 1 heterocycles. The van der Waals surface area contributed by atoms with Gasteiger partial charge in [0.25, 0.3) is 0 Å². The molecule has 1 heteroatoms. The Morgan fingerprint density at radius 3 is 2.07 bits per heavy atom. The number of nitrogens with zero attached hydrogens (tertiary/aromatic N) is 1. The summed E-state index contributed by atoms with van der Waals surface area (Å²) in [7, 11) is 0. The molecule has 2 rings (SSSR count). The second kappa shape index (κ2) is 4.45. The predicted molar refractivity (Wildman–Crippen MR) is 66.1 cm³/mol. The molecule has 1 saturated heterocycles. The van der Waals surface area contributed by atoms with Crippen molar-refractivity contribution in [3.8, 4) is 0 Å². The highest BCUT2D eigenvalue weighted by atomic mass is 15.2. The first-order valence-electron chi connectivity index (χ1n) is 6.85. The Morgan fingerprint density at radius 2 is 1.47 bits per heavy atom. The third-order valence-electron chi connectivity index (χ3n) is 4.34. The third-order valence-corrected chi connectivity index (χ3v) is 4.34. The van der Waals surface area contributed by atoms with E-state index >= 15 is 0 Å². The van der Waals surface area contributed by atoms with Crippen molar-refractivity contribution >= 4 is 0 Å². The molecule has 0 aromatic carbocycles. The van der Waals surface area contributed by atoms with Crippen LogP contribution in [0, 0.1) is 5.41 Å². The van der Waals surface area contributed by atoms with Gasteiger partial charge in [-0.05, 0) is 37.6 Å². The second-order valence-electron chi connectivity index (χ2n) is 6.55. The Labute approximate surface area is 95.2 Å². The molecule has 1 saturated carbocycles. The summed E-state index contributed by atoms with van der Waals surface area (Å²) in [6, 6.07) is 1.77. The van der Waals surface area contributed by atoms with E-state index in [1.165, 1.54) is 51.5 Å². The molecule has 0 radical (unpaired) electrons. The topological polar surface area (TPSA) is 3.24 Å². The molecular formula is C14H27N. The van der Waals surface area contributed by atoms with E-state index in [0.29, 0.717) is 5.41 Å². The van der Waals surface area contributed by atoms with Crippen LogP contribution in [0.5, 0.6) is 0 Å². The molecule has 0 spiro atoms. The van der Waals surface area contributed by atoms with Gasteiger partial charge >= 0.3 is 0 Å². The van der Waals surface area contributed by atoms with E-state index in [-0.39, 0.29) is 0 Å². The second-order valence-corrected chi connectivity index (χ2v) is 6.55. The third kappa shape index (κ3) is 2.55. The number of likely N-dealkylation sites (tertiary alicyclic amines) is 1. The van der Waals surface area contributed by atoms with Gasteiger partial charge < -0.3 is 0 Å². The summed E-state index contributed by atoms with van der Waals surface area (Å²) in [5.41, 5.74) is 0.475. The lowest BCUT2D eigenvalue weighted by Gasteiger charge is -2.46. The summed E-state index contributed by atoms with van der Waals surface area (Å²) < 4.78 is 0. The van der Waals surface area contributed by atoms with Crippen molar-refractivity contribution in [2.24, 2.45) is 5.41 Å². The molecule has 0 aromatic heterocycles. The maximum absolute atomic E-state index is 2.86. The molecule has 0 amide bonds. The molecule has 2 aliphatic rings. The van der Waals surface area contributed by atoms with Crippen LogP contribution in [-0.2, 0) is 0 Å². The summed E-state index contributed by atoms with van der Waals surface area (Å²) in [6.45, 7) is 8.63. The monoisotopic (exact) mass is 209 g/mol. The predicted octanol–water partition coefficient (Wildman–Crippen LogP) is 3.83. The highest BCUT2D eigenvalue weighted by Crippen LogP contribution is 2.36. The largest absolute Gasteiger partial charge is 0.297 e.